The van der Waals surface area contributed by atoms with Crippen LogP contribution in [0.3, 0.4) is 0 Å². The zero-order valence-corrected chi connectivity index (χ0v) is 13.8. The molecule has 0 saturated carbocycles. The molecular formula is C19H17NO5. The van der Waals surface area contributed by atoms with E-state index in [0.717, 1.165) is 5.56 Å². The molecule has 0 heterocycles. The molecule has 0 bridgehead atoms. The monoisotopic (exact) mass is 339 g/mol. The largest absolute Gasteiger partial charge is 0.465 e. The van der Waals surface area contributed by atoms with Crippen molar-refractivity contribution in [2.75, 3.05) is 19.5 Å². The second kappa shape index (κ2) is 8.44. The molecule has 0 aliphatic heterocycles. The molecule has 6 nitrogen and oxygen atoms in total. The number of anilines is 1. The summed E-state index contributed by atoms with van der Waals surface area (Å²) in [6.45, 7) is 0. The van der Waals surface area contributed by atoms with Gasteiger partial charge in [-0.1, -0.05) is 30.3 Å². The van der Waals surface area contributed by atoms with Crippen molar-refractivity contribution >= 4 is 29.6 Å². The van der Waals surface area contributed by atoms with Crippen molar-refractivity contribution in [2.45, 2.75) is 0 Å². The van der Waals surface area contributed by atoms with Crippen LogP contribution in [0.5, 0.6) is 0 Å². The average molecular weight is 339 g/mol. The molecule has 6 heteroatoms. The number of rotatable bonds is 5. The van der Waals surface area contributed by atoms with E-state index in [-0.39, 0.29) is 16.8 Å². The molecule has 2 rings (SSSR count). The highest BCUT2D eigenvalue weighted by Gasteiger charge is 2.14. The van der Waals surface area contributed by atoms with Crippen molar-refractivity contribution in [3.8, 4) is 0 Å². The molecule has 1 N–H and O–H groups in total. The summed E-state index contributed by atoms with van der Waals surface area (Å²) in [5, 5.41) is 2.61. The zero-order chi connectivity index (χ0) is 18.2. The number of benzene rings is 2. The van der Waals surface area contributed by atoms with Crippen molar-refractivity contribution < 1.29 is 23.9 Å². The summed E-state index contributed by atoms with van der Waals surface area (Å²) < 4.78 is 9.30. The molecule has 0 aliphatic carbocycles. The summed E-state index contributed by atoms with van der Waals surface area (Å²) in [6, 6.07) is 13.5. The number of carbonyl (C=O) groups excluding carboxylic acids is 3. The van der Waals surface area contributed by atoms with E-state index in [1.54, 1.807) is 6.08 Å². The van der Waals surface area contributed by atoms with E-state index < -0.39 is 17.8 Å². The lowest BCUT2D eigenvalue weighted by Crippen LogP contribution is -2.12. The van der Waals surface area contributed by atoms with Gasteiger partial charge in [-0.2, -0.15) is 0 Å². The Morgan fingerprint density at radius 2 is 1.44 bits per heavy atom. The van der Waals surface area contributed by atoms with E-state index in [9.17, 15) is 14.4 Å². The van der Waals surface area contributed by atoms with Crippen LogP contribution in [-0.2, 0) is 14.3 Å². The predicted octanol–water partition coefficient (Wildman–Crippen LogP) is 2.91. The maximum Gasteiger partial charge on any atom is 0.337 e. The molecule has 25 heavy (non-hydrogen) atoms. The van der Waals surface area contributed by atoms with Crippen molar-refractivity contribution in [1.82, 2.24) is 0 Å². The molecule has 0 atom stereocenters. The number of hydrogen-bond acceptors (Lipinski definition) is 5. The molecule has 128 valence electrons. The highest BCUT2D eigenvalue weighted by molar-refractivity contribution is 6.04. The van der Waals surface area contributed by atoms with Gasteiger partial charge in [-0.05, 0) is 29.8 Å². The summed E-state index contributed by atoms with van der Waals surface area (Å²) >= 11 is 0. The molecule has 0 fully saturated rings. The highest BCUT2D eigenvalue weighted by Crippen LogP contribution is 2.17. The van der Waals surface area contributed by atoms with Crippen LogP contribution in [0.4, 0.5) is 5.69 Å². The molecule has 2 aromatic rings. The summed E-state index contributed by atoms with van der Waals surface area (Å²) in [4.78, 5) is 35.5. The Labute approximate surface area is 145 Å². The van der Waals surface area contributed by atoms with Crippen LogP contribution in [0.2, 0.25) is 0 Å². The average Bonchev–Trinajstić information content (AvgIpc) is 2.65. The Bertz CT molecular complexity index is 778. The second-order valence-corrected chi connectivity index (χ2v) is 5.02. The number of methoxy groups -OCH3 is 2. The van der Waals surface area contributed by atoms with Crippen LogP contribution in [-0.4, -0.2) is 32.1 Å². The molecule has 0 aliphatic rings. The molecular weight excluding hydrogens is 322 g/mol. The zero-order valence-electron chi connectivity index (χ0n) is 13.8. The van der Waals surface area contributed by atoms with Gasteiger partial charge in [-0.15, -0.1) is 0 Å². The number of ether oxygens (including phenoxy) is 2. The lowest BCUT2D eigenvalue weighted by Gasteiger charge is -2.08. The molecule has 1 amide bonds. The van der Waals surface area contributed by atoms with E-state index in [4.69, 9.17) is 0 Å². The van der Waals surface area contributed by atoms with Gasteiger partial charge in [0, 0.05) is 11.8 Å². The first-order valence-corrected chi connectivity index (χ1v) is 7.39. The van der Waals surface area contributed by atoms with Gasteiger partial charge < -0.3 is 14.8 Å². The first-order chi connectivity index (χ1) is 12.0. The minimum absolute atomic E-state index is 0.132. The molecule has 0 unspecified atom stereocenters. The summed E-state index contributed by atoms with van der Waals surface area (Å²) in [5.41, 5.74) is 1.42. The Morgan fingerprint density at radius 3 is 1.96 bits per heavy atom. The molecule has 0 saturated heterocycles. The fourth-order valence-corrected chi connectivity index (χ4v) is 2.09. The van der Waals surface area contributed by atoms with Crippen LogP contribution in [0, 0.1) is 0 Å². The van der Waals surface area contributed by atoms with Gasteiger partial charge in [0.05, 0.1) is 25.3 Å². The van der Waals surface area contributed by atoms with Gasteiger partial charge in [0.2, 0.25) is 5.91 Å². The van der Waals surface area contributed by atoms with E-state index in [2.05, 4.69) is 14.8 Å². The summed E-state index contributed by atoms with van der Waals surface area (Å²) in [6.07, 6.45) is 3.01. The minimum atomic E-state index is -0.624. The second-order valence-electron chi connectivity index (χ2n) is 5.02. The Balaban J connectivity index is 2.22. The SMILES string of the molecule is COC(=O)c1cc(NC(=O)/C=C/c2ccccc2)cc(C(=O)OC)c1. The number of amides is 1. The van der Waals surface area contributed by atoms with Crippen LogP contribution in [0.25, 0.3) is 6.08 Å². The molecule has 0 spiro atoms. The maximum atomic E-state index is 12.1. The molecule has 0 radical (unpaired) electrons. The smallest absolute Gasteiger partial charge is 0.337 e. The van der Waals surface area contributed by atoms with Crippen LogP contribution < -0.4 is 5.32 Å². The Morgan fingerprint density at radius 1 is 0.880 bits per heavy atom. The van der Waals surface area contributed by atoms with Crippen LogP contribution >= 0.6 is 0 Å². The van der Waals surface area contributed by atoms with E-state index in [1.807, 2.05) is 30.3 Å². The van der Waals surface area contributed by atoms with Crippen molar-refractivity contribution in [3.05, 3.63) is 71.3 Å². The van der Waals surface area contributed by atoms with Crippen molar-refractivity contribution in [2.24, 2.45) is 0 Å². The Hall–Kier alpha value is -3.41. The fourth-order valence-electron chi connectivity index (χ4n) is 2.09. The number of esters is 2. The fraction of sp³-hybridized carbons (Fsp3) is 0.105. The number of hydrogen-bond donors (Lipinski definition) is 1. The van der Waals surface area contributed by atoms with Crippen molar-refractivity contribution in [1.29, 1.82) is 0 Å². The topological polar surface area (TPSA) is 81.7 Å². The summed E-state index contributed by atoms with van der Waals surface area (Å²) in [5.74, 6) is -1.65. The third-order valence-electron chi connectivity index (χ3n) is 3.27. The van der Waals surface area contributed by atoms with Crippen LogP contribution in [0.15, 0.2) is 54.6 Å². The quantitative estimate of drug-likeness (QED) is 0.669. The number of nitrogens with one attached hydrogen (secondary N) is 1. The normalized spacial score (nSPS) is 10.3. The Kier molecular flexibility index (Phi) is 6.06. The standard InChI is InChI=1S/C19H17NO5/c1-24-18(22)14-10-15(19(23)25-2)12-16(11-14)20-17(21)9-8-13-6-4-3-5-7-13/h3-12H,1-2H3,(H,20,21)/b9-8+. The van der Waals surface area contributed by atoms with Gasteiger partial charge in [0.1, 0.15) is 0 Å². The van der Waals surface area contributed by atoms with E-state index in [1.165, 1.54) is 38.5 Å². The van der Waals surface area contributed by atoms with Crippen LogP contribution in [0.1, 0.15) is 26.3 Å². The van der Waals surface area contributed by atoms with Gasteiger partial charge in [0.15, 0.2) is 0 Å². The van der Waals surface area contributed by atoms with Gasteiger partial charge >= 0.3 is 11.9 Å². The van der Waals surface area contributed by atoms with E-state index in [0.29, 0.717) is 0 Å². The number of carbonyl (C=O) groups is 3. The lowest BCUT2D eigenvalue weighted by molar-refractivity contribution is -0.111. The van der Waals surface area contributed by atoms with Crippen molar-refractivity contribution in [3.63, 3.8) is 0 Å². The predicted molar refractivity (Wildman–Crippen MR) is 93.2 cm³/mol. The van der Waals surface area contributed by atoms with Gasteiger partial charge in [0.25, 0.3) is 0 Å². The third kappa shape index (κ3) is 5.04. The first kappa shape index (κ1) is 17.9. The lowest BCUT2D eigenvalue weighted by atomic mass is 10.1. The maximum absolute atomic E-state index is 12.1. The van der Waals surface area contributed by atoms with E-state index >= 15 is 0 Å². The third-order valence-corrected chi connectivity index (χ3v) is 3.27. The minimum Gasteiger partial charge on any atom is -0.465 e. The summed E-state index contributed by atoms with van der Waals surface area (Å²) in [7, 11) is 2.46. The first-order valence-electron chi connectivity index (χ1n) is 7.39. The highest BCUT2D eigenvalue weighted by atomic mass is 16.5. The molecule has 2 aromatic carbocycles. The molecule has 0 aromatic heterocycles. The van der Waals surface area contributed by atoms with Gasteiger partial charge in [-0.3, -0.25) is 4.79 Å². The van der Waals surface area contributed by atoms with Gasteiger partial charge in [-0.25, -0.2) is 9.59 Å².